The van der Waals surface area contributed by atoms with Crippen LogP contribution in [0, 0.1) is 0 Å². The molecule has 0 unspecified atom stereocenters. The van der Waals surface area contributed by atoms with Crippen LogP contribution >= 0.6 is 0 Å². The average molecular weight is 255 g/mol. The molecule has 2 N–H and O–H groups in total. The van der Waals surface area contributed by atoms with Crippen molar-refractivity contribution in [3.05, 3.63) is 0 Å². The van der Waals surface area contributed by atoms with Crippen molar-refractivity contribution in [1.29, 1.82) is 0 Å². The highest BCUT2D eigenvalue weighted by Crippen LogP contribution is 2.27. The van der Waals surface area contributed by atoms with E-state index in [4.69, 9.17) is 5.73 Å². The van der Waals surface area contributed by atoms with Crippen LogP contribution in [0.5, 0.6) is 0 Å². The third-order valence-electron chi connectivity index (χ3n) is 3.87. The third kappa shape index (κ3) is 4.25. The van der Waals surface area contributed by atoms with E-state index in [-0.39, 0.29) is 5.91 Å². The highest BCUT2D eigenvalue weighted by molar-refractivity contribution is 5.86. The first-order chi connectivity index (χ1) is 8.49. The molecule has 0 heterocycles. The van der Waals surface area contributed by atoms with Crippen molar-refractivity contribution in [1.82, 2.24) is 9.80 Å². The molecular formula is C14H29N3O. The molecule has 0 atom stereocenters. The van der Waals surface area contributed by atoms with E-state index in [1.807, 2.05) is 11.8 Å². The van der Waals surface area contributed by atoms with Crippen molar-refractivity contribution < 1.29 is 4.79 Å². The summed E-state index contributed by atoms with van der Waals surface area (Å²) in [4.78, 5) is 16.6. The first-order valence-electron chi connectivity index (χ1n) is 7.22. The molecule has 4 heteroatoms. The van der Waals surface area contributed by atoms with Crippen LogP contribution in [-0.2, 0) is 4.79 Å². The monoisotopic (exact) mass is 255 g/mol. The van der Waals surface area contributed by atoms with Gasteiger partial charge < -0.3 is 15.5 Å². The second-order valence-corrected chi connectivity index (χ2v) is 5.76. The minimum atomic E-state index is -0.577. The lowest BCUT2D eigenvalue weighted by Crippen LogP contribution is -2.56. The smallest absolute Gasteiger partial charge is 0.242 e. The maximum atomic E-state index is 12.5. The van der Waals surface area contributed by atoms with Gasteiger partial charge in [-0.1, -0.05) is 19.3 Å². The molecule has 0 radical (unpaired) electrons. The molecular weight excluding hydrogens is 226 g/mol. The second-order valence-electron chi connectivity index (χ2n) is 5.76. The van der Waals surface area contributed by atoms with Crippen molar-refractivity contribution in [2.45, 2.75) is 51.0 Å². The summed E-state index contributed by atoms with van der Waals surface area (Å²) < 4.78 is 0. The fraction of sp³-hybridized carbons (Fsp3) is 0.929. The van der Waals surface area contributed by atoms with Crippen molar-refractivity contribution >= 4 is 5.91 Å². The van der Waals surface area contributed by atoms with E-state index in [1.54, 1.807) is 0 Å². The van der Waals surface area contributed by atoms with Gasteiger partial charge in [0.15, 0.2) is 0 Å². The summed E-state index contributed by atoms with van der Waals surface area (Å²) in [5, 5.41) is 0. The van der Waals surface area contributed by atoms with Gasteiger partial charge in [-0.25, -0.2) is 0 Å². The summed E-state index contributed by atoms with van der Waals surface area (Å²) in [7, 11) is 4.12. The van der Waals surface area contributed by atoms with Crippen LogP contribution in [0.1, 0.15) is 45.4 Å². The third-order valence-corrected chi connectivity index (χ3v) is 3.87. The zero-order valence-electron chi connectivity index (χ0n) is 12.2. The van der Waals surface area contributed by atoms with E-state index in [0.717, 1.165) is 51.7 Å². The summed E-state index contributed by atoms with van der Waals surface area (Å²) in [6.07, 6.45) is 6.14. The molecule has 106 valence electrons. The SMILES string of the molecule is CCN(CCCN(C)C)C(=O)C1(N)CCCCC1. The van der Waals surface area contributed by atoms with Gasteiger partial charge in [0, 0.05) is 13.1 Å². The Morgan fingerprint density at radius 3 is 2.28 bits per heavy atom. The molecule has 0 aromatic carbocycles. The second kappa shape index (κ2) is 7.10. The predicted molar refractivity (Wildman–Crippen MR) is 75.4 cm³/mol. The lowest BCUT2D eigenvalue weighted by atomic mass is 9.81. The zero-order chi connectivity index (χ0) is 13.6. The van der Waals surface area contributed by atoms with Crippen LogP contribution < -0.4 is 5.73 Å². The van der Waals surface area contributed by atoms with Crippen molar-refractivity contribution in [2.24, 2.45) is 5.73 Å². The highest BCUT2D eigenvalue weighted by atomic mass is 16.2. The summed E-state index contributed by atoms with van der Waals surface area (Å²) in [5.41, 5.74) is 5.73. The van der Waals surface area contributed by atoms with Crippen LogP contribution in [0.25, 0.3) is 0 Å². The topological polar surface area (TPSA) is 49.6 Å². The number of nitrogens with zero attached hydrogens (tertiary/aromatic N) is 2. The minimum Gasteiger partial charge on any atom is -0.341 e. The number of rotatable bonds is 6. The van der Waals surface area contributed by atoms with Gasteiger partial charge in [-0.2, -0.15) is 0 Å². The van der Waals surface area contributed by atoms with E-state index in [9.17, 15) is 4.79 Å². The Morgan fingerprint density at radius 1 is 1.17 bits per heavy atom. The molecule has 0 spiro atoms. The Balaban J connectivity index is 2.49. The number of hydrogen-bond donors (Lipinski definition) is 1. The minimum absolute atomic E-state index is 0.170. The van der Waals surface area contributed by atoms with Gasteiger partial charge in [-0.05, 0) is 46.8 Å². The van der Waals surface area contributed by atoms with E-state index in [0.29, 0.717) is 0 Å². The zero-order valence-corrected chi connectivity index (χ0v) is 12.2. The molecule has 1 saturated carbocycles. The van der Waals surface area contributed by atoms with E-state index in [1.165, 1.54) is 6.42 Å². The van der Waals surface area contributed by atoms with Gasteiger partial charge in [-0.15, -0.1) is 0 Å². The standard InChI is InChI=1S/C14H29N3O/c1-4-17(12-8-11-16(2)3)13(18)14(15)9-6-5-7-10-14/h4-12,15H2,1-3H3. The van der Waals surface area contributed by atoms with Crippen LogP contribution in [0.3, 0.4) is 0 Å². The van der Waals surface area contributed by atoms with Gasteiger partial charge in [0.25, 0.3) is 0 Å². The van der Waals surface area contributed by atoms with Gasteiger partial charge in [0.1, 0.15) is 0 Å². The van der Waals surface area contributed by atoms with Crippen LogP contribution in [0.15, 0.2) is 0 Å². The highest BCUT2D eigenvalue weighted by Gasteiger charge is 2.37. The maximum Gasteiger partial charge on any atom is 0.242 e. The molecule has 1 amide bonds. The van der Waals surface area contributed by atoms with Gasteiger partial charge >= 0.3 is 0 Å². The van der Waals surface area contributed by atoms with Crippen molar-refractivity contribution in [2.75, 3.05) is 33.7 Å². The van der Waals surface area contributed by atoms with Crippen molar-refractivity contribution in [3.63, 3.8) is 0 Å². The number of nitrogens with two attached hydrogens (primary N) is 1. The maximum absolute atomic E-state index is 12.5. The molecule has 0 saturated heterocycles. The quantitative estimate of drug-likeness (QED) is 0.781. The van der Waals surface area contributed by atoms with Crippen LogP contribution in [0.4, 0.5) is 0 Å². The number of hydrogen-bond acceptors (Lipinski definition) is 3. The summed E-state index contributed by atoms with van der Waals surface area (Å²) in [6, 6.07) is 0. The van der Waals surface area contributed by atoms with Gasteiger partial charge in [0.05, 0.1) is 5.54 Å². The Bertz CT molecular complexity index is 260. The average Bonchev–Trinajstić information content (AvgIpc) is 2.34. The largest absolute Gasteiger partial charge is 0.341 e. The molecule has 1 aliphatic carbocycles. The van der Waals surface area contributed by atoms with Gasteiger partial charge in [-0.3, -0.25) is 4.79 Å². The molecule has 1 rings (SSSR count). The van der Waals surface area contributed by atoms with Gasteiger partial charge in [0.2, 0.25) is 5.91 Å². The molecule has 1 fully saturated rings. The predicted octanol–water partition coefficient (Wildman–Crippen LogP) is 1.45. The van der Waals surface area contributed by atoms with Crippen molar-refractivity contribution in [3.8, 4) is 0 Å². The fourth-order valence-corrected chi connectivity index (χ4v) is 2.69. The summed E-state index contributed by atoms with van der Waals surface area (Å²) in [5.74, 6) is 0.170. The lowest BCUT2D eigenvalue weighted by Gasteiger charge is -2.36. The number of likely N-dealkylation sites (N-methyl/N-ethyl adjacent to an activating group) is 1. The summed E-state index contributed by atoms with van der Waals surface area (Å²) in [6.45, 7) is 4.65. The summed E-state index contributed by atoms with van der Waals surface area (Å²) >= 11 is 0. The molecule has 0 aromatic heterocycles. The molecule has 1 aliphatic rings. The molecule has 0 aromatic rings. The normalized spacial score (nSPS) is 18.9. The first-order valence-corrected chi connectivity index (χ1v) is 7.22. The Hall–Kier alpha value is -0.610. The lowest BCUT2D eigenvalue weighted by molar-refractivity contribution is -0.138. The number of carbonyl (C=O) groups excluding carboxylic acids is 1. The molecule has 0 bridgehead atoms. The Kier molecular flexibility index (Phi) is 6.09. The Labute approximate surface area is 111 Å². The van der Waals surface area contributed by atoms with E-state index >= 15 is 0 Å². The number of amides is 1. The van der Waals surface area contributed by atoms with E-state index < -0.39 is 5.54 Å². The van der Waals surface area contributed by atoms with Crippen LogP contribution in [0.2, 0.25) is 0 Å². The van der Waals surface area contributed by atoms with E-state index in [2.05, 4.69) is 19.0 Å². The Morgan fingerprint density at radius 2 is 1.78 bits per heavy atom. The molecule has 18 heavy (non-hydrogen) atoms. The number of carbonyl (C=O) groups is 1. The first kappa shape index (κ1) is 15.4. The molecule has 0 aliphatic heterocycles. The fourth-order valence-electron chi connectivity index (χ4n) is 2.69. The molecule has 4 nitrogen and oxygen atoms in total. The van der Waals surface area contributed by atoms with Crippen LogP contribution in [-0.4, -0.2) is 55.0 Å².